The van der Waals surface area contributed by atoms with E-state index in [9.17, 15) is 4.21 Å². The highest BCUT2D eigenvalue weighted by molar-refractivity contribution is 7.77. The summed E-state index contributed by atoms with van der Waals surface area (Å²) in [5.74, 6) is 0.768. The van der Waals surface area contributed by atoms with Crippen LogP contribution in [-0.4, -0.2) is 15.3 Å². The van der Waals surface area contributed by atoms with E-state index in [4.69, 9.17) is 4.55 Å². The van der Waals surface area contributed by atoms with E-state index in [0.29, 0.717) is 6.54 Å². The minimum atomic E-state index is -1.83. The molecule has 0 radical (unpaired) electrons. The van der Waals surface area contributed by atoms with Gasteiger partial charge in [0.2, 0.25) is 11.3 Å². The molecule has 0 aliphatic carbocycles. The molecule has 0 amide bonds. The minimum absolute atomic E-state index is 0.640. The zero-order chi connectivity index (χ0) is 9.40. The second-order valence-corrected chi connectivity index (χ2v) is 4.17. The molecule has 0 saturated carbocycles. The lowest BCUT2D eigenvalue weighted by Crippen LogP contribution is -2.17. The molecule has 12 heavy (non-hydrogen) atoms. The van der Waals surface area contributed by atoms with Crippen molar-refractivity contribution in [2.75, 3.05) is 6.54 Å². The van der Waals surface area contributed by atoms with Crippen LogP contribution < -0.4 is 4.72 Å². The standard InChI is InChI=1S/C8H19NO2S/c1-8(2)6-4-3-5-7-9-12(10)11/h8-9H,3-7H2,1-2H3,(H,10,11). The molecule has 74 valence electrons. The molecule has 2 N–H and O–H groups in total. The van der Waals surface area contributed by atoms with Gasteiger partial charge in [-0.1, -0.05) is 33.1 Å². The maximum Gasteiger partial charge on any atom is 0.231 e. The third-order valence-electron chi connectivity index (χ3n) is 1.68. The van der Waals surface area contributed by atoms with Crippen LogP contribution in [-0.2, 0) is 11.3 Å². The van der Waals surface area contributed by atoms with E-state index in [0.717, 1.165) is 18.8 Å². The second-order valence-electron chi connectivity index (χ2n) is 3.39. The zero-order valence-corrected chi connectivity index (χ0v) is 8.69. The third-order valence-corrected chi connectivity index (χ3v) is 2.13. The molecule has 3 nitrogen and oxygen atoms in total. The Morgan fingerprint density at radius 1 is 1.33 bits per heavy atom. The molecule has 0 aromatic heterocycles. The maximum absolute atomic E-state index is 10.1. The van der Waals surface area contributed by atoms with Crippen LogP contribution in [0.3, 0.4) is 0 Å². The minimum Gasteiger partial charge on any atom is -0.294 e. The molecular formula is C8H19NO2S. The highest BCUT2D eigenvalue weighted by atomic mass is 32.2. The number of nitrogens with one attached hydrogen (secondary N) is 1. The number of unbranched alkanes of at least 4 members (excludes halogenated alkanes) is 2. The molecule has 4 heteroatoms. The van der Waals surface area contributed by atoms with Crippen LogP contribution in [0, 0.1) is 5.92 Å². The Balaban J connectivity index is 2.96. The van der Waals surface area contributed by atoms with Crippen molar-refractivity contribution in [2.45, 2.75) is 39.5 Å². The van der Waals surface area contributed by atoms with E-state index in [-0.39, 0.29) is 0 Å². The second kappa shape index (κ2) is 7.71. The normalized spacial score (nSPS) is 13.7. The van der Waals surface area contributed by atoms with Crippen molar-refractivity contribution < 1.29 is 8.76 Å². The molecule has 0 aromatic rings. The summed E-state index contributed by atoms with van der Waals surface area (Å²) in [6, 6.07) is 0. The molecule has 0 fully saturated rings. The van der Waals surface area contributed by atoms with Crippen molar-refractivity contribution in [3.63, 3.8) is 0 Å². The van der Waals surface area contributed by atoms with Gasteiger partial charge in [0.15, 0.2) is 0 Å². The van der Waals surface area contributed by atoms with Gasteiger partial charge in [-0.25, -0.2) is 8.93 Å². The van der Waals surface area contributed by atoms with E-state index in [1.165, 1.54) is 12.8 Å². The molecular weight excluding hydrogens is 174 g/mol. The quantitative estimate of drug-likeness (QED) is 0.479. The van der Waals surface area contributed by atoms with Gasteiger partial charge >= 0.3 is 0 Å². The predicted molar refractivity (Wildman–Crippen MR) is 52.1 cm³/mol. The lowest BCUT2D eigenvalue weighted by Gasteiger charge is -2.03. The van der Waals surface area contributed by atoms with Gasteiger partial charge in [-0.3, -0.25) is 4.55 Å². The Morgan fingerprint density at radius 3 is 2.50 bits per heavy atom. The van der Waals surface area contributed by atoms with E-state index in [1.54, 1.807) is 0 Å². The summed E-state index contributed by atoms with van der Waals surface area (Å²) in [6.45, 7) is 5.06. The average molecular weight is 193 g/mol. The number of hydrogen-bond donors (Lipinski definition) is 2. The monoisotopic (exact) mass is 193 g/mol. The largest absolute Gasteiger partial charge is 0.294 e. The van der Waals surface area contributed by atoms with Gasteiger partial charge in [-0.15, -0.1) is 0 Å². The molecule has 1 unspecified atom stereocenters. The highest BCUT2D eigenvalue weighted by Crippen LogP contribution is 2.07. The summed E-state index contributed by atoms with van der Waals surface area (Å²) in [7, 11) is 0. The van der Waals surface area contributed by atoms with Crippen LogP contribution in [0.15, 0.2) is 0 Å². The summed E-state index contributed by atoms with van der Waals surface area (Å²) >= 11 is -1.83. The first kappa shape index (κ1) is 12.1. The van der Waals surface area contributed by atoms with Gasteiger partial charge in [0, 0.05) is 6.54 Å². The van der Waals surface area contributed by atoms with Crippen LogP contribution in [0.1, 0.15) is 39.5 Å². The maximum atomic E-state index is 10.1. The van der Waals surface area contributed by atoms with Crippen molar-refractivity contribution in [2.24, 2.45) is 5.92 Å². The Labute approximate surface area is 77.4 Å². The highest BCUT2D eigenvalue weighted by Gasteiger charge is 1.95. The molecule has 1 atom stereocenters. The third kappa shape index (κ3) is 10.1. The predicted octanol–water partition coefficient (Wildman–Crippen LogP) is 1.93. The SMILES string of the molecule is CC(C)CCCCCNS(=O)O. The molecule has 0 aromatic carbocycles. The van der Waals surface area contributed by atoms with E-state index >= 15 is 0 Å². The van der Waals surface area contributed by atoms with E-state index in [1.807, 2.05) is 0 Å². The Kier molecular flexibility index (Phi) is 7.75. The van der Waals surface area contributed by atoms with E-state index < -0.39 is 11.3 Å². The topological polar surface area (TPSA) is 49.3 Å². The van der Waals surface area contributed by atoms with Crippen molar-refractivity contribution in [1.29, 1.82) is 0 Å². The molecule has 0 bridgehead atoms. The number of rotatable bonds is 7. The van der Waals surface area contributed by atoms with Gasteiger partial charge in [0.05, 0.1) is 0 Å². The van der Waals surface area contributed by atoms with Crippen molar-refractivity contribution >= 4 is 11.3 Å². The fraction of sp³-hybridized carbons (Fsp3) is 1.00. The van der Waals surface area contributed by atoms with Gasteiger partial charge < -0.3 is 0 Å². The molecule has 0 saturated heterocycles. The Morgan fingerprint density at radius 2 is 2.00 bits per heavy atom. The fourth-order valence-electron chi connectivity index (χ4n) is 1.01. The summed E-state index contributed by atoms with van der Waals surface area (Å²) < 4.78 is 21.0. The van der Waals surface area contributed by atoms with Crippen molar-refractivity contribution in [3.05, 3.63) is 0 Å². The van der Waals surface area contributed by atoms with Crippen LogP contribution in [0.2, 0.25) is 0 Å². The van der Waals surface area contributed by atoms with Crippen molar-refractivity contribution in [3.8, 4) is 0 Å². The molecule has 0 heterocycles. The van der Waals surface area contributed by atoms with Crippen molar-refractivity contribution in [1.82, 2.24) is 4.72 Å². The smallest absolute Gasteiger partial charge is 0.231 e. The van der Waals surface area contributed by atoms with Gasteiger partial charge in [-0.05, 0) is 12.3 Å². The van der Waals surface area contributed by atoms with Gasteiger partial charge in [0.25, 0.3) is 0 Å². The van der Waals surface area contributed by atoms with Crippen LogP contribution in [0.5, 0.6) is 0 Å². The first-order valence-electron chi connectivity index (χ1n) is 4.47. The van der Waals surface area contributed by atoms with Gasteiger partial charge in [-0.2, -0.15) is 0 Å². The summed E-state index contributed by atoms with van der Waals surface area (Å²) in [5.41, 5.74) is 0. The van der Waals surface area contributed by atoms with Crippen LogP contribution >= 0.6 is 0 Å². The Hall–Kier alpha value is 0.0700. The Bertz CT molecular complexity index is 128. The fourth-order valence-corrected chi connectivity index (χ4v) is 1.33. The first-order chi connectivity index (χ1) is 5.63. The molecule has 0 aliphatic heterocycles. The van der Waals surface area contributed by atoms with Gasteiger partial charge in [0.1, 0.15) is 0 Å². The lowest BCUT2D eigenvalue weighted by atomic mass is 10.1. The molecule has 0 spiro atoms. The summed E-state index contributed by atoms with van der Waals surface area (Å²) in [5, 5.41) is 0. The van der Waals surface area contributed by atoms with Crippen LogP contribution in [0.25, 0.3) is 0 Å². The zero-order valence-electron chi connectivity index (χ0n) is 7.88. The van der Waals surface area contributed by atoms with Crippen LogP contribution in [0.4, 0.5) is 0 Å². The molecule has 0 rings (SSSR count). The lowest BCUT2D eigenvalue weighted by molar-refractivity contribution is 0.517. The summed E-state index contributed by atoms with van der Waals surface area (Å²) in [6.07, 6.45) is 4.60. The average Bonchev–Trinajstić information content (AvgIpc) is 1.95. The summed E-state index contributed by atoms with van der Waals surface area (Å²) in [4.78, 5) is 0. The van der Waals surface area contributed by atoms with E-state index in [2.05, 4.69) is 18.6 Å². The molecule has 0 aliphatic rings. The number of hydrogen-bond acceptors (Lipinski definition) is 1. The first-order valence-corrected chi connectivity index (χ1v) is 5.58.